The van der Waals surface area contributed by atoms with Gasteiger partial charge < -0.3 is 4.90 Å². The molecule has 3 nitrogen and oxygen atoms in total. The van der Waals surface area contributed by atoms with Gasteiger partial charge in [0, 0.05) is 19.5 Å². The molecule has 13 heavy (non-hydrogen) atoms. The number of amides is 1. The molecular weight excluding hydrogens is 164 g/mol. The molecule has 0 aliphatic carbocycles. The van der Waals surface area contributed by atoms with Crippen LogP contribution in [0.5, 0.6) is 0 Å². The zero-order chi connectivity index (χ0) is 9.10. The van der Waals surface area contributed by atoms with E-state index < -0.39 is 0 Å². The van der Waals surface area contributed by atoms with Gasteiger partial charge in [-0.3, -0.25) is 4.79 Å². The number of piperidine rings is 2. The quantitative estimate of drug-likeness (QED) is 0.596. The van der Waals surface area contributed by atoms with Gasteiger partial charge in [-0.25, -0.2) is 5.32 Å². The van der Waals surface area contributed by atoms with Crippen molar-refractivity contribution in [2.24, 2.45) is 0 Å². The Kier molecular flexibility index (Phi) is 2.83. The molecule has 2 aliphatic rings. The summed E-state index contributed by atoms with van der Waals surface area (Å²) in [6.45, 7) is 1.89. The van der Waals surface area contributed by atoms with Crippen molar-refractivity contribution in [3.05, 3.63) is 0 Å². The van der Waals surface area contributed by atoms with Gasteiger partial charge in [0.2, 0.25) is 5.91 Å². The van der Waals surface area contributed by atoms with Gasteiger partial charge in [-0.15, -0.1) is 0 Å². The predicted octanol–water partition coefficient (Wildman–Crippen LogP) is 1.11. The van der Waals surface area contributed by atoms with Crippen LogP contribution in [0, 0.1) is 0 Å². The average molecular weight is 181 g/mol. The number of rotatable bonds is 1. The van der Waals surface area contributed by atoms with Gasteiger partial charge in [-0.1, -0.05) is 0 Å². The van der Waals surface area contributed by atoms with Crippen LogP contribution in [0.15, 0.2) is 0 Å². The molecule has 1 unspecified atom stereocenters. The molecule has 2 rings (SSSR count). The maximum Gasteiger partial charge on any atom is 0.223 e. The number of carbonyl (C=O) groups is 1. The molecule has 1 radical (unpaired) electrons. The minimum absolute atomic E-state index is 0.224. The molecule has 0 aromatic rings. The lowest BCUT2D eigenvalue weighted by atomic mass is 10.1. The molecular formula is C10H17N2O. The van der Waals surface area contributed by atoms with Gasteiger partial charge in [0.05, 0.1) is 6.17 Å². The van der Waals surface area contributed by atoms with Gasteiger partial charge in [-0.05, 0) is 32.1 Å². The van der Waals surface area contributed by atoms with Crippen molar-refractivity contribution in [2.45, 2.75) is 44.7 Å². The first-order valence-corrected chi connectivity index (χ1v) is 5.34. The third-order valence-corrected chi connectivity index (χ3v) is 2.93. The maximum atomic E-state index is 11.6. The fraction of sp³-hybridized carbons (Fsp3) is 0.900. The van der Waals surface area contributed by atoms with Crippen molar-refractivity contribution in [1.29, 1.82) is 0 Å². The van der Waals surface area contributed by atoms with E-state index in [9.17, 15) is 4.79 Å². The first-order valence-electron chi connectivity index (χ1n) is 5.34. The highest BCUT2D eigenvalue weighted by Crippen LogP contribution is 2.18. The summed E-state index contributed by atoms with van der Waals surface area (Å²) in [6.07, 6.45) is 6.73. The van der Waals surface area contributed by atoms with Crippen LogP contribution in [-0.2, 0) is 4.79 Å². The largest absolute Gasteiger partial charge is 0.326 e. The molecule has 0 spiro atoms. The normalized spacial score (nSPS) is 30.6. The van der Waals surface area contributed by atoms with Crippen molar-refractivity contribution in [1.82, 2.24) is 10.2 Å². The summed E-state index contributed by atoms with van der Waals surface area (Å²) in [6, 6.07) is 0. The topological polar surface area (TPSA) is 34.4 Å². The number of hydrogen-bond donors (Lipinski definition) is 0. The van der Waals surface area contributed by atoms with Crippen LogP contribution in [0.2, 0.25) is 0 Å². The monoisotopic (exact) mass is 181 g/mol. The summed E-state index contributed by atoms with van der Waals surface area (Å²) in [4.78, 5) is 13.5. The lowest BCUT2D eigenvalue weighted by Gasteiger charge is -2.36. The summed E-state index contributed by atoms with van der Waals surface area (Å²) in [7, 11) is 0. The molecule has 0 aromatic carbocycles. The number of likely N-dealkylation sites (tertiary alicyclic amines) is 1. The van der Waals surface area contributed by atoms with Crippen molar-refractivity contribution in [2.75, 3.05) is 13.1 Å². The third kappa shape index (κ3) is 2.02. The molecule has 2 fully saturated rings. The summed E-state index contributed by atoms with van der Waals surface area (Å²) in [5, 5.41) is 4.51. The molecule has 2 aliphatic heterocycles. The summed E-state index contributed by atoms with van der Waals surface area (Å²) < 4.78 is 0. The Morgan fingerprint density at radius 2 is 2.15 bits per heavy atom. The van der Waals surface area contributed by atoms with Crippen LogP contribution >= 0.6 is 0 Å². The Labute approximate surface area is 79.5 Å². The van der Waals surface area contributed by atoms with Gasteiger partial charge in [0.25, 0.3) is 0 Å². The predicted molar refractivity (Wildman–Crippen MR) is 50.2 cm³/mol. The minimum atomic E-state index is 0.224. The molecule has 2 saturated heterocycles. The third-order valence-electron chi connectivity index (χ3n) is 2.93. The van der Waals surface area contributed by atoms with E-state index in [1.165, 1.54) is 12.8 Å². The molecule has 3 heteroatoms. The maximum absolute atomic E-state index is 11.6. The minimum Gasteiger partial charge on any atom is -0.326 e. The number of hydrogen-bond acceptors (Lipinski definition) is 1. The second-order valence-corrected chi connectivity index (χ2v) is 3.93. The lowest BCUT2D eigenvalue weighted by Crippen LogP contribution is -2.49. The molecule has 0 N–H and O–H groups in total. The van der Waals surface area contributed by atoms with E-state index in [0.717, 1.165) is 38.8 Å². The second-order valence-electron chi connectivity index (χ2n) is 3.93. The van der Waals surface area contributed by atoms with Crippen molar-refractivity contribution < 1.29 is 4.79 Å². The van der Waals surface area contributed by atoms with Gasteiger partial charge in [0.15, 0.2) is 0 Å². The van der Waals surface area contributed by atoms with Crippen molar-refractivity contribution in [3.63, 3.8) is 0 Å². The van der Waals surface area contributed by atoms with Crippen LogP contribution in [0.25, 0.3) is 0 Å². The van der Waals surface area contributed by atoms with Crippen LogP contribution in [0.3, 0.4) is 0 Å². The zero-order valence-corrected chi connectivity index (χ0v) is 8.04. The van der Waals surface area contributed by atoms with Gasteiger partial charge >= 0.3 is 0 Å². The first-order chi connectivity index (χ1) is 6.38. The Bertz CT molecular complexity index is 187. The van der Waals surface area contributed by atoms with Crippen molar-refractivity contribution >= 4 is 5.91 Å². The molecule has 0 bridgehead atoms. The van der Waals surface area contributed by atoms with E-state index in [1.807, 2.05) is 4.90 Å². The summed E-state index contributed by atoms with van der Waals surface area (Å²) in [5.74, 6) is 0.321. The Morgan fingerprint density at radius 3 is 2.85 bits per heavy atom. The molecule has 0 saturated carbocycles. The standard InChI is InChI=1S/C10H17N2O/c13-10-6-2-4-8-12(10)9-5-1-3-7-11-9/h9H,1-8H2. The van der Waals surface area contributed by atoms with E-state index in [-0.39, 0.29) is 6.17 Å². The Balaban J connectivity index is 1.92. The number of carbonyl (C=O) groups excluding carboxylic acids is 1. The summed E-state index contributed by atoms with van der Waals surface area (Å²) in [5.41, 5.74) is 0. The highest BCUT2D eigenvalue weighted by Gasteiger charge is 2.27. The van der Waals surface area contributed by atoms with Gasteiger partial charge in [-0.2, -0.15) is 0 Å². The number of nitrogens with zero attached hydrogens (tertiary/aromatic N) is 2. The molecule has 73 valence electrons. The molecule has 1 amide bonds. The first kappa shape index (κ1) is 9.00. The van der Waals surface area contributed by atoms with E-state index in [2.05, 4.69) is 5.32 Å². The lowest BCUT2D eigenvalue weighted by molar-refractivity contribution is -0.137. The molecule has 0 aromatic heterocycles. The van der Waals surface area contributed by atoms with Crippen LogP contribution in [0.1, 0.15) is 38.5 Å². The van der Waals surface area contributed by atoms with Crippen molar-refractivity contribution in [3.8, 4) is 0 Å². The fourth-order valence-corrected chi connectivity index (χ4v) is 2.17. The van der Waals surface area contributed by atoms with E-state index in [1.54, 1.807) is 0 Å². The second kappa shape index (κ2) is 4.09. The molecule has 1 atom stereocenters. The van der Waals surface area contributed by atoms with E-state index in [0.29, 0.717) is 5.91 Å². The highest BCUT2D eigenvalue weighted by molar-refractivity contribution is 5.77. The highest BCUT2D eigenvalue weighted by atomic mass is 16.2. The van der Waals surface area contributed by atoms with Gasteiger partial charge in [0.1, 0.15) is 0 Å². The van der Waals surface area contributed by atoms with Crippen LogP contribution < -0.4 is 5.32 Å². The van der Waals surface area contributed by atoms with Crippen LogP contribution in [0.4, 0.5) is 0 Å². The van der Waals surface area contributed by atoms with E-state index in [4.69, 9.17) is 0 Å². The fourth-order valence-electron chi connectivity index (χ4n) is 2.17. The Morgan fingerprint density at radius 1 is 1.23 bits per heavy atom. The molecule has 2 heterocycles. The smallest absolute Gasteiger partial charge is 0.223 e. The zero-order valence-electron chi connectivity index (χ0n) is 8.04. The Hall–Kier alpha value is -0.570. The van der Waals surface area contributed by atoms with Crippen LogP contribution in [-0.4, -0.2) is 30.1 Å². The SMILES string of the molecule is O=C1CCCCN1C1CCCC[N]1. The summed E-state index contributed by atoms with van der Waals surface area (Å²) >= 11 is 0. The van der Waals surface area contributed by atoms with E-state index >= 15 is 0 Å². The average Bonchev–Trinajstić information content (AvgIpc) is 2.20.